The van der Waals surface area contributed by atoms with E-state index in [2.05, 4.69) is 25.6 Å². The first kappa shape index (κ1) is 25.5. The van der Waals surface area contributed by atoms with Crippen molar-refractivity contribution in [3.63, 3.8) is 0 Å². The number of nitrogens with one attached hydrogen (secondary N) is 2. The fourth-order valence-electron chi connectivity index (χ4n) is 3.30. The summed E-state index contributed by atoms with van der Waals surface area (Å²) < 4.78 is 21.4. The van der Waals surface area contributed by atoms with E-state index in [1.807, 2.05) is 38.1 Å². The van der Waals surface area contributed by atoms with Crippen LogP contribution in [0.5, 0.6) is 23.3 Å². The predicted molar refractivity (Wildman–Crippen MR) is 132 cm³/mol. The molecule has 0 aliphatic heterocycles. The van der Waals surface area contributed by atoms with E-state index in [0.29, 0.717) is 24.5 Å². The van der Waals surface area contributed by atoms with Gasteiger partial charge in [-0.1, -0.05) is 32.0 Å². The van der Waals surface area contributed by atoms with E-state index in [-0.39, 0.29) is 23.8 Å². The van der Waals surface area contributed by atoms with Crippen molar-refractivity contribution in [2.24, 2.45) is 5.92 Å². The molecule has 1 heterocycles. The average Bonchev–Trinajstić information content (AvgIpc) is 2.87. The number of aromatic nitrogens is 3. The van der Waals surface area contributed by atoms with Gasteiger partial charge < -0.3 is 29.6 Å². The highest BCUT2D eigenvalue weighted by Gasteiger charge is 2.22. The lowest BCUT2D eigenvalue weighted by Crippen LogP contribution is -2.33. The number of para-hydroxylation sites is 1. The Kier molecular flexibility index (Phi) is 9.05. The smallest absolute Gasteiger partial charge is 0.328 e. The van der Waals surface area contributed by atoms with Crippen molar-refractivity contribution in [2.75, 3.05) is 32.0 Å². The van der Waals surface area contributed by atoms with Gasteiger partial charge in [-0.15, -0.1) is 0 Å². The molecular weight excluding hydrogens is 450 g/mol. The van der Waals surface area contributed by atoms with Crippen LogP contribution in [-0.4, -0.2) is 48.3 Å². The van der Waals surface area contributed by atoms with E-state index in [4.69, 9.17) is 18.9 Å². The first-order valence-corrected chi connectivity index (χ1v) is 11.2. The second-order valence-corrected chi connectivity index (χ2v) is 8.06. The van der Waals surface area contributed by atoms with Crippen molar-refractivity contribution < 1.29 is 23.7 Å². The van der Waals surface area contributed by atoms with E-state index >= 15 is 0 Å². The number of carbonyl (C=O) groups excluding carboxylic acids is 1. The Balaban J connectivity index is 1.88. The molecule has 0 aliphatic carbocycles. The summed E-state index contributed by atoms with van der Waals surface area (Å²) in [6, 6.07) is 14.1. The number of nitrogens with zero attached hydrogens (tertiary/aromatic N) is 3. The Hall–Kier alpha value is -4.08. The van der Waals surface area contributed by atoms with Crippen LogP contribution in [0.15, 0.2) is 48.5 Å². The zero-order valence-electron chi connectivity index (χ0n) is 20.6. The van der Waals surface area contributed by atoms with E-state index < -0.39 is 12.0 Å². The molecule has 3 rings (SSSR count). The second-order valence-electron chi connectivity index (χ2n) is 8.06. The van der Waals surface area contributed by atoms with Crippen LogP contribution in [-0.2, 0) is 16.1 Å². The highest BCUT2D eigenvalue weighted by Crippen LogP contribution is 2.24. The lowest BCUT2D eigenvalue weighted by Gasteiger charge is -2.19. The summed E-state index contributed by atoms with van der Waals surface area (Å²) in [6.45, 7) is 4.44. The Morgan fingerprint density at radius 2 is 1.57 bits per heavy atom. The molecule has 0 spiro atoms. The minimum Gasteiger partial charge on any atom is -0.497 e. The van der Waals surface area contributed by atoms with Gasteiger partial charge in [0.25, 0.3) is 0 Å². The van der Waals surface area contributed by atoms with Crippen LogP contribution >= 0.6 is 0 Å². The van der Waals surface area contributed by atoms with Crippen LogP contribution in [0, 0.1) is 5.92 Å². The zero-order chi connectivity index (χ0) is 25.2. The quantitative estimate of drug-likeness (QED) is 0.363. The molecule has 1 atom stereocenters. The third kappa shape index (κ3) is 7.46. The number of carbonyl (C=O) groups is 1. The molecule has 0 saturated carbocycles. The van der Waals surface area contributed by atoms with Crippen molar-refractivity contribution in [1.29, 1.82) is 0 Å². The first-order chi connectivity index (χ1) is 16.9. The first-order valence-electron chi connectivity index (χ1n) is 11.2. The standard InChI is InChI=1S/C25H31N5O5/c1-16(2)14-20(22(31)34-5)27-24-28-23(26-15-17-8-6-7-9-21(17)33-4)29-25(30-24)35-19-12-10-18(32-3)11-13-19/h6-13,16,20H,14-15H2,1-5H3,(H2,26,27,28,29,30)/t20-/m0/s1. The number of rotatable bonds is 12. The number of ether oxygens (including phenoxy) is 4. The van der Waals surface area contributed by atoms with E-state index in [9.17, 15) is 4.79 Å². The second kappa shape index (κ2) is 12.4. The lowest BCUT2D eigenvalue weighted by atomic mass is 10.0. The minimum atomic E-state index is -0.627. The van der Waals surface area contributed by atoms with Gasteiger partial charge in [0.05, 0.1) is 21.3 Å². The number of methoxy groups -OCH3 is 3. The van der Waals surface area contributed by atoms with Crippen molar-refractivity contribution in [3.05, 3.63) is 54.1 Å². The van der Waals surface area contributed by atoms with Gasteiger partial charge in [-0.05, 0) is 42.7 Å². The molecule has 10 heteroatoms. The fraction of sp³-hybridized carbons (Fsp3) is 0.360. The Bertz CT molecular complexity index is 1110. The summed E-state index contributed by atoms with van der Waals surface area (Å²) in [5.74, 6) is 2.25. The fourth-order valence-corrected chi connectivity index (χ4v) is 3.30. The monoisotopic (exact) mass is 481 g/mol. The van der Waals surface area contributed by atoms with Crippen molar-refractivity contribution >= 4 is 17.9 Å². The Labute approximate surface area is 205 Å². The number of esters is 1. The maximum Gasteiger partial charge on any atom is 0.328 e. The third-order valence-corrected chi connectivity index (χ3v) is 5.01. The molecule has 0 radical (unpaired) electrons. The highest BCUT2D eigenvalue weighted by molar-refractivity contribution is 5.78. The number of hydrogen-bond acceptors (Lipinski definition) is 10. The summed E-state index contributed by atoms with van der Waals surface area (Å²) in [6.07, 6.45) is 0.539. The van der Waals surface area contributed by atoms with Crippen molar-refractivity contribution in [1.82, 2.24) is 15.0 Å². The molecule has 0 fully saturated rings. The zero-order valence-corrected chi connectivity index (χ0v) is 20.6. The number of hydrogen-bond donors (Lipinski definition) is 2. The average molecular weight is 482 g/mol. The summed E-state index contributed by atoms with van der Waals surface area (Å²) in [7, 11) is 4.56. The molecule has 0 unspecified atom stereocenters. The topological polar surface area (TPSA) is 117 Å². The molecule has 0 saturated heterocycles. The van der Waals surface area contributed by atoms with E-state index in [1.165, 1.54) is 7.11 Å². The van der Waals surface area contributed by atoms with E-state index in [0.717, 1.165) is 11.3 Å². The predicted octanol–water partition coefficient (Wildman–Crippen LogP) is 4.29. The van der Waals surface area contributed by atoms with E-state index in [1.54, 1.807) is 38.5 Å². The molecule has 2 aromatic carbocycles. The minimum absolute atomic E-state index is 0.0587. The van der Waals surface area contributed by atoms with Gasteiger partial charge in [0.1, 0.15) is 23.3 Å². The SMILES string of the molecule is COC(=O)[C@H](CC(C)C)Nc1nc(NCc2ccccc2OC)nc(Oc2ccc(OC)cc2)n1. The molecule has 35 heavy (non-hydrogen) atoms. The number of anilines is 2. The molecule has 0 bridgehead atoms. The van der Waals surface area contributed by atoms with Crippen LogP contribution < -0.4 is 24.8 Å². The van der Waals surface area contributed by atoms with Crippen molar-refractivity contribution in [2.45, 2.75) is 32.9 Å². The van der Waals surface area contributed by atoms with Gasteiger partial charge in [0, 0.05) is 12.1 Å². The lowest BCUT2D eigenvalue weighted by molar-refractivity contribution is -0.141. The van der Waals surface area contributed by atoms with Gasteiger partial charge in [0.2, 0.25) is 11.9 Å². The van der Waals surface area contributed by atoms with Gasteiger partial charge in [-0.25, -0.2) is 4.79 Å². The van der Waals surface area contributed by atoms with Crippen LogP contribution in [0.25, 0.3) is 0 Å². The number of benzene rings is 2. The Morgan fingerprint density at radius 1 is 0.886 bits per heavy atom. The van der Waals surface area contributed by atoms with Crippen LogP contribution in [0.3, 0.4) is 0 Å². The largest absolute Gasteiger partial charge is 0.497 e. The molecule has 186 valence electrons. The molecule has 3 aromatic rings. The molecular formula is C25H31N5O5. The van der Waals surface area contributed by atoms with Gasteiger partial charge >= 0.3 is 12.0 Å². The highest BCUT2D eigenvalue weighted by atomic mass is 16.5. The summed E-state index contributed by atoms with van der Waals surface area (Å²) in [5, 5.41) is 6.24. The Morgan fingerprint density at radius 3 is 2.23 bits per heavy atom. The molecule has 2 N–H and O–H groups in total. The van der Waals surface area contributed by atoms with Gasteiger partial charge in [0.15, 0.2) is 0 Å². The molecule has 10 nitrogen and oxygen atoms in total. The normalized spacial score (nSPS) is 11.5. The van der Waals surface area contributed by atoms with Gasteiger partial charge in [-0.2, -0.15) is 15.0 Å². The molecule has 1 aromatic heterocycles. The van der Waals surface area contributed by atoms with Gasteiger partial charge in [-0.3, -0.25) is 0 Å². The summed E-state index contributed by atoms with van der Waals surface area (Å²) in [4.78, 5) is 25.5. The maximum atomic E-state index is 12.3. The molecule has 0 amide bonds. The third-order valence-electron chi connectivity index (χ3n) is 5.01. The van der Waals surface area contributed by atoms with Crippen LogP contribution in [0.4, 0.5) is 11.9 Å². The van der Waals surface area contributed by atoms with Crippen molar-refractivity contribution in [3.8, 4) is 23.3 Å². The van der Waals surface area contributed by atoms with Crippen LogP contribution in [0.2, 0.25) is 0 Å². The van der Waals surface area contributed by atoms with Crippen LogP contribution in [0.1, 0.15) is 25.8 Å². The summed E-state index contributed by atoms with van der Waals surface area (Å²) in [5.41, 5.74) is 0.926. The molecule has 0 aliphatic rings. The summed E-state index contributed by atoms with van der Waals surface area (Å²) >= 11 is 0. The maximum absolute atomic E-state index is 12.3.